The molecule has 1 saturated heterocycles. The summed E-state index contributed by atoms with van der Waals surface area (Å²) < 4.78 is 19.5. The Morgan fingerprint density at radius 2 is 1.17 bits per heavy atom. The monoisotopic (exact) mass is 634 g/mol. The van der Waals surface area contributed by atoms with Gasteiger partial charge in [-0.05, 0) is 95.7 Å². The first kappa shape index (κ1) is 32.4. The van der Waals surface area contributed by atoms with Crippen LogP contribution in [0, 0.1) is 5.92 Å². The summed E-state index contributed by atoms with van der Waals surface area (Å²) in [6, 6.07) is 37.5. The highest BCUT2D eigenvalue weighted by Gasteiger charge is 2.55. The Bertz CT molecular complexity index is 2140. The van der Waals surface area contributed by atoms with Crippen molar-refractivity contribution in [1.82, 2.24) is 0 Å². The van der Waals surface area contributed by atoms with Gasteiger partial charge in [0, 0.05) is 10.8 Å². The van der Waals surface area contributed by atoms with E-state index in [4.69, 9.17) is 13.7 Å². The van der Waals surface area contributed by atoms with Gasteiger partial charge in [0.1, 0.15) is 11.2 Å². The van der Waals surface area contributed by atoms with Gasteiger partial charge in [-0.2, -0.15) is 0 Å². The Balaban J connectivity index is 0.000000480. The average Bonchev–Trinajstić information content (AvgIpc) is 3.78. The third kappa shape index (κ3) is 4.56. The van der Waals surface area contributed by atoms with E-state index in [1.807, 2.05) is 19.9 Å². The van der Waals surface area contributed by atoms with E-state index in [0.29, 0.717) is 0 Å². The minimum absolute atomic E-state index is 0.405. The van der Waals surface area contributed by atoms with Crippen LogP contribution >= 0.6 is 0 Å². The van der Waals surface area contributed by atoms with Crippen LogP contribution in [-0.2, 0) is 14.7 Å². The molecule has 5 aromatic carbocycles. The number of fused-ring (bicyclic) bond motifs is 14. The van der Waals surface area contributed by atoms with Crippen LogP contribution in [0.4, 0.5) is 0 Å². The third-order valence-corrected chi connectivity index (χ3v) is 11.0. The molecule has 1 atom stereocenters. The highest BCUT2D eigenvalue weighted by molar-refractivity contribution is 6.62. The van der Waals surface area contributed by atoms with Crippen LogP contribution in [0.15, 0.2) is 108 Å². The van der Waals surface area contributed by atoms with Gasteiger partial charge < -0.3 is 13.7 Å². The Kier molecular flexibility index (Phi) is 7.97. The van der Waals surface area contributed by atoms with Crippen LogP contribution in [0.3, 0.4) is 0 Å². The summed E-state index contributed by atoms with van der Waals surface area (Å²) in [5.41, 5.74) is 11.9. The molecule has 0 amide bonds. The van der Waals surface area contributed by atoms with E-state index >= 15 is 0 Å². The van der Waals surface area contributed by atoms with Crippen LogP contribution in [-0.4, -0.2) is 18.3 Å². The van der Waals surface area contributed by atoms with E-state index in [0.717, 1.165) is 27.9 Å². The Morgan fingerprint density at radius 1 is 0.604 bits per heavy atom. The third-order valence-electron chi connectivity index (χ3n) is 11.0. The zero-order valence-corrected chi connectivity index (χ0v) is 29.9. The van der Waals surface area contributed by atoms with E-state index in [9.17, 15) is 0 Å². The fourth-order valence-electron chi connectivity index (χ4n) is 7.59. The molecule has 3 nitrogen and oxygen atoms in total. The second-order valence-electron chi connectivity index (χ2n) is 14.5. The van der Waals surface area contributed by atoms with Crippen molar-refractivity contribution in [3.63, 3.8) is 0 Å². The molecule has 0 radical (unpaired) electrons. The molecule has 0 bridgehead atoms. The van der Waals surface area contributed by atoms with E-state index in [2.05, 4.69) is 146 Å². The fraction of sp³-hybridized carbons (Fsp3) is 0.318. The molecule has 2 aliphatic carbocycles. The fourth-order valence-corrected chi connectivity index (χ4v) is 7.59. The predicted molar refractivity (Wildman–Crippen MR) is 202 cm³/mol. The van der Waals surface area contributed by atoms with Crippen molar-refractivity contribution in [3.05, 3.63) is 125 Å². The normalized spacial score (nSPS) is 19.0. The van der Waals surface area contributed by atoms with E-state index < -0.39 is 23.7 Å². The van der Waals surface area contributed by atoms with Crippen molar-refractivity contribution < 1.29 is 13.7 Å². The van der Waals surface area contributed by atoms with Gasteiger partial charge in [0.2, 0.25) is 0 Å². The van der Waals surface area contributed by atoms with Gasteiger partial charge >= 0.3 is 7.12 Å². The van der Waals surface area contributed by atoms with Crippen molar-refractivity contribution >= 4 is 34.5 Å². The van der Waals surface area contributed by atoms with Gasteiger partial charge in [0.25, 0.3) is 0 Å². The highest BCUT2D eigenvalue weighted by atomic mass is 16.7. The molecule has 1 fully saturated rings. The largest absolute Gasteiger partial charge is 0.494 e. The molecular weight excluding hydrogens is 587 g/mol. The summed E-state index contributed by atoms with van der Waals surface area (Å²) in [5, 5.41) is 2.35. The predicted octanol–water partition coefficient (Wildman–Crippen LogP) is 11.3. The maximum absolute atomic E-state index is 6.54. The Morgan fingerprint density at radius 3 is 1.83 bits per heavy atom. The van der Waals surface area contributed by atoms with E-state index in [1.54, 1.807) is 0 Å². The molecule has 1 unspecified atom stereocenters. The SMILES string of the molecule is CC.CC1(C)OB(c2ccc3c(c2)C2(c4ccccc4-3)c3ccccc3-c3c2ccc2oc4ccccc4c32)OC1(C)C.CCC(C)C. The lowest BCUT2D eigenvalue weighted by Crippen LogP contribution is -2.41. The first-order valence-electron chi connectivity index (χ1n) is 17.7. The topological polar surface area (TPSA) is 31.6 Å². The van der Waals surface area contributed by atoms with Crippen molar-refractivity contribution in [1.29, 1.82) is 0 Å². The molecule has 0 saturated carbocycles. The first-order valence-corrected chi connectivity index (χ1v) is 17.7. The Hall–Kier alpha value is -4.12. The molecule has 4 heteroatoms. The van der Waals surface area contributed by atoms with Gasteiger partial charge in [0.05, 0.1) is 16.6 Å². The van der Waals surface area contributed by atoms with Gasteiger partial charge in [-0.15, -0.1) is 0 Å². The smallest absolute Gasteiger partial charge is 0.456 e. The van der Waals surface area contributed by atoms with Crippen molar-refractivity contribution in [2.75, 3.05) is 0 Å². The van der Waals surface area contributed by atoms with Gasteiger partial charge in [-0.25, -0.2) is 0 Å². The maximum Gasteiger partial charge on any atom is 0.494 e. The van der Waals surface area contributed by atoms with Gasteiger partial charge in [-0.1, -0.05) is 132 Å². The maximum atomic E-state index is 6.54. The van der Waals surface area contributed by atoms with Crippen LogP contribution in [0.5, 0.6) is 0 Å². The number of hydrogen-bond donors (Lipinski definition) is 0. The summed E-state index contributed by atoms with van der Waals surface area (Å²) in [7, 11) is -0.428. The molecular formula is C44H47BO3. The van der Waals surface area contributed by atoms with Crippen LogP contribution in [0.1, 0.15) is 91.0 Å². The van der Waals surface area contributed by atoms with Gasteiger partial charge in [-0.3, -0.25) is 0 Å². The summed E-state index contributed by atoms with van der Waals surface area (Å²) >= 11 is 0. The summed E-state index contributed by atoms with van der Waals surface area (Å²) in [6.07, 6.45) is 1.31. The molecule has 244 valence electrons. The standard InChI is InChI=1S/C37H29BO3.C5H12.C2H6/c1-35(2)36(3,4)41-38(40-35)22-17-18-24-23-11-5-8-14-27(23)37(30(24)21-22)28-15-9-6-12-25(28)33-29(37)19-20-32-34(33)26-13-7-10-16-31(26)39-32;1-4-5(2)3;1-2/h5-21H,1-4H3;5H,4H2,1-3H3;1-2H3. The zero-order chi connectivity index (χ0) is 34.0. The molecule has 6 aromatic rings. The quantitative estimate of drug-likeness (QED) is 0.177. The number of rotatable bonds is 2. The lowest BCUT2D eigenvalue weighted by atomic mass is 9.68. The van der Waals surface area contributed by atoms with E-state index in [1.165, 1.54) is 56.3 Å². The van der Waals surface area contributed by atoms with Crippen molar-refractivity contribution in [2.45, 2.75) is 85.4 Å². The minimum atomic E-state index is -0.454. The van der Waals surface area contributed by atoms with Crippen LogP contribution in [0.25, 0.3) is 44.2 Å². The molecule has 48 heavy (non-hydrogen) atoms. The summed E-state index contributed by atoms with van der Waals surface area (Å²) in [4.78, 5) is 0. The van der Waals surface area contributed by atoms with Crippen LogP contribution in [0.2, 0.25) is 0 Å². The minimum Gasteiger partial charge on any atom is -0.456 e. The second-order valence-corrected chi connectivity index (χ2v) is 14.5. The number of benzene rings is 5. The molecule has 0 N–H and O–H groups in total. The number of furan rings is 1. The average molecular weight is 635 g/mol. The molecule has 1 aromatic heterocycles. The number of hydrogen-bond acceptors (Lipinski definition) is 3. The van der Waals surface area contributed by atoms with Crippen molar-refractivity contribution in [2.24, 2.45) is 5.92 Å². The second kappa shape index (κ2) is 11.8. The molecule has 1 spiro atoms. The molecule has 2 heterocycles. The molecule has 1 aliphatic heterocycles. The van der Waals surface area contributed by atoms with E-state index in [-0.39, 0.29) is 0 Å². The summed E-state index contributed by atoms with van der Waals surface area (Å²) in [5.74, 6) is 0.884. The number of para-hydroxylation sites is 1. The molecule has 9 rings (SSSR count). The molecule has 3 aliphatic rings. The summed E-state index contributed by atoms with van der Waals surface area (Å²) in [6.45, 7) is 19.1. The van der Waals surface area contributed by atoms with Gasteiger partial charge in [0.15, 0.2) is 0 Å². The lowest BCUT2D eigenvalue weighted by Gasteiger charge is -2.32. The van der Waals surface area contributed by atoms with Crippen molar-refractivity contribution in [3.8, 4) is 22.3 Å². The zero-order valence-electron chi connectivity index (χ0n) is 29.9. The lowest BCUT2D eigenvalue weighted by molar-refractivity contribution is 0.00578. The Labute approximate surface area is 286 Å². The first-order chi connectivity index (χ1) is 23.1. The van der Waals surface area contributed by atoms with Crippen LogP contribution < -0.4 is 5.46 Å². The highest BCUT2D eigenvalue weighted by Crippen LogP contribution is 2.64.